The Morgan fingerprint density at radius 1 is 1.20 bits per heavy atom. The topological polar surface area (TPSA) is 114 Å². The molecule has 14 heteroatoms. The molecule has 1 saturated carbocycles. The highest BCUT2D eigenvalue weighted by atomic mass is 35.5. The first kappa shape index (κ1) is 29.0. The Kier molecular flexibility index (Phi) is 7.07. The third-order valence-corrected chi connectivity index (χ3v) is 9.42. The minimum absolute atomic E-state index is 0.0635. The maximum atomic E-state index is 15.0. The minimum Gasteiger partial charge on any atom is -0.480 e. The second-order valence-corrected chi connectivity index (χ2v) is 12.9. The van der Waals surface area contributed by atoms with E-state index in [0.717, 1.165) is 0 Å². The quantitative estimate of drug-likeness (QED) is 0.432. The molecular weight excluding hydrogens is 596 g/mol. The summed E-state index contributed by atoms with van der Waals surface area (Å²) in [5.74, 6) is -2.57. The van der Waals surface area contributed by atoms with Crippen LogP contribution in [0, 0.1) is 11.8 Å². The molecule has 5 heterocycles. The van der Waals surface area contributed by atoms with Gasteiger partial charge in [-0.15, -0.1) is 0 Å². The minimum atomic E-state index is -3.13. The number of alkyl halides is 2. The molecule has 11 nitrogen and oxygen atoms in total. The third-order valence-electron chi connectivity index (χ3n) is 9.15. The molecule has 1 aromatic carbocycles. The van der Waals surface area contributed by atoms with Gasteiger partial charge < -0.3 is 34.5 Å². The molecule has 234 valence electrons. The van der Waals surface area contributed by atoms with Crippen LogP contribution in [0.15, 0.2) is 29.2 Å². The molecule has 2 aromatic heterocycles. The van der Waals surface area contributed by atoms with Crippen molar-refractivity contribution in [3.05, 3.63) is 39.8 Å². The van der Waals surface area contributed by atoms with Gasteiger partial charge in [0.05, 0.1) is 48.7 Å². The van der Waals surface area contributed by atoms with Gasteiger partial charge in [-0.2, -0.15) is 4.98 Å². The van der Waals surface area contributed by atoms with E-state index in [1.165, 1.54) is 10.8 Å². The molecule has 2 N–H and O–H groups in total. The first-order chi connectivity index (χ1) is 21.0. The van der Waals surface area contributed by atoms with Crippen LogP contribution in [0.25, 0.3) is 10.9 Å². The molecule has 3 atom stereocenters. The van der Waals surface area contributed by atoms with E-state index in [1.807, 2.05) is 0 Å². The molecule has 1 amide bonds. The molecule has 44 heavy (non-hydrogen) atoms. The zero-order chi connectivity index (χ0) is 30.9. The number of hydrogen-bond acceptors (Lipinski definition) is 9. The Hall–Kier alpha value is -3.71. The van der Waals surface area contributed by atoms with Crippen molar-refractivity contribution < 1.29 is 23.0 Å². The molecular formula is C30H34ClF2N7O4. The van der Waals surface area contributed by atoms with Crippen molar-refractivity contribution in [3.8, 4) is 5.75 Å². The van der Waals surface area contributed by atoms with Crippen LogP contribution in [0.5, 0.6) is 5.75 Å². The van der Waals surface area contributed by atoms with Crippen LogP contribution in [0.4, 0.5) is 31.9 Å². The lowest BCUT2D eigenvalue weighted by atomic mass is 9.84. The van der Waals surface area contributed by atoms with E-state index in [2.05, 4.69) is 20.5 Å². The van der Waals surface area contributed by atoms with E-state index in [-0.39, 0.29) is 41.3 Å². The summed E-state index contributed by atoms with van der Waals surface area (Å²) in [6.07, 6.45) is 4.20. The van der Waals surface area contributed by atoms with Gasteiger partial charge in [-0.1, -0.05) is 11.6 Å². The number of nitrogens with one attached hydrogen (secondary N) is 2. The number of carbonyl (C=O) groups excluding carboxylic acids is 1. The Bertz CT molecular complexity index is 1680. The van der Waals surface area contributed by atoms with E-state index in [1.54, 1.807) is 44.2 Å². The number of pyridine rings is 1. The first-order valence-electron chi connectivity index (χ1n) is 14.8. The molecule has 0 radical (unpaired) electrons. The summed E-state index contributed by atoms with van der Waals surface area (Å²) in [6, 6.07) is 4.04. The summed E-state index contributed by atoms with van der Waals surface area (Å²) >= 11 is 6.56. The van der Waals surface area contributed by atoms with Crippen molar-refractivity contribution in [1.29, 1.82) is 0 Å². The van der Waals surface area contributed by atoms with E-state index < -0.39 is 24.1 Å². The van der Waals surface area contributed by atoms with Crippen molar-refractivity contribution in [3.63, 3.8) is 0 Å². The van der Waals surface area contributed by atoms with Crippen LogP contribution in [-0.4, -0.2) is 83.3 Å². The Balaban J connectivity index is 1.22. The SMILES string of the molecule is CN(C)C(=O)C1CC2COCC(C1)N2c1ncc(Cl)c(Nc2ccc3c(c2)c2c(c(=O)n3C)OCC(F)(F)[C@H](C3CC3)N2)n1. The van der Waals surface area contributed by atoms with E-state index in [9.17, 15) is 9.59 Å². The number of amides is 1. The van der Waals surface area contributed by atoms with Gasteiger partial charge in [0, 0.05) is 38.1 Å². The van der Waals surface area contributed by atoms with Gasteiger partial charge in [0.15, 0.2) is 12.4 Å². The number of hydrogen-bond donors (Lipinski definition) is 2. The van der Waals surface area contributed by atoms with Crippen molar-refractivity contribution in [2.45, 2.75) is 49.7 Å². The maximum Gasteiger partial charge on any atom is 0.301 e. The Labute approximate surface area is 257 Å². The van der Waals surface area contributed by atoms with Gasteiger partial charge in [0.25, 0.3) is 5.56 Å². The first-order valence-corrected chi connectivity index (χ1v) is 15.2. The molecule has 2 unspecified atom stereocenters. The lowest BCUT2D eigenvalue weighted by Crippen LogP contribution is -2.59. The van der Waals surface area contributed by atoms with Gasteiger partial charge >= 0.3 is 5.92 Å². The van der Waals surface area contributed by atoms with Gasteiger partial charge in [0.1, 0.15) is 5.02 Å². The molecule has 0 spiro atoms. The number of ether oxygens (including phenoxy) is 2. The number of morpholine rings is 1. The number of benzene rings is 1. The number of piperidine rings is 1. The number of carbonyl (C=O) groups is 1. The summed E-state index contributed by atoms with van der Waals surface area (Å²) in [5.41, 5.74) is 0.928. The summed E-state index contributed by atoms with van der Waals surface area (Å²) in [7, 11) is 5.13. The molecule has 3 aliphatic heterocycles. The van der Waals surface area contributed by atoms with Crippen LogP contribution in [0.3, 0.4) is 0 Å². The summed E-state index contributed by atoms with van der Waals surface area (Å²) in [5, 5.41) is 7.12. The standard InChI is InChI=1S/C30H34ClF2N7O4/c1-38(2)27(41)16-8-18-12-43-13-19(9-16)40(18)29-34-11-21(31)26(37-29)35-17-6-7-22-20(10-17)23-24(28(42)39(22)3)44-14-30(32,33)25(36-23)15-4-5-15/h6-7,10-11,15-16,18-19,25,36H,4-5,8-9,12-14H2,1-3H3,(H,34,35,37)/t16?,18?,19?,25-/m0/s1. The number of nitrogens with zero attached hydrogens (tertiary/aromatic N) is 5. The van der Waals surface area contributed by atoms with Crippen LogP contribution in [-0.2, 0) is 16.6 Å². The van der Waals surface area contributed by atoms with E-state index in [4.69, 9.17) is 26.1 Å². The molecule has 3 aromatic rings. The number of aryl methyl sites for hydroxylation is 1. The second kappa shape index (κ2) is 10.7. The highest BCUT2D eigenvalue weighted by Crippen LogP contribution is 2.46. The van der Waals surface area contributed by atoms with Crippen molar-refractivity contribution in [2.75, 3.05) is 49.4 Å². The smallest absolute Gasteiger partial charge is 0.301 e. The summed E-state index contributed by atoms with van der Waals surface area (Å²) in [4.78, 5) is 38.9. The average Bonchev–Trinajstić information content (AvgIpc) is 3.83. The molecule has 3 fully saturated rings. The number of halogens is 3. The van der Waals surface area contributed by atoms with Crippen LogP contribution >= 0.6 is 11.6 Å². The fourth-order valence-corrected chi connectivity index (χ4v) is 6.94. The highest BCUT2D eigenvalue weighted by Gasteiger charge is 2.51. The Morgan fingerprint density at radius 2 is 1.93 bits per heavy atom. The van der Waals surface area contributed by atoms with Gasteiger partial charge in [-0.05, 0) is 49.8 Å². The average molecular weight is 630 g/mol. The van der Waals surface area contributed by atoms with Gasteiger partial charge in [0.2, 0.25) is 17.6 Å². The van der Waals surface area contributed by atoms with Crippen LogP contribution in [0.1, 0.15) is 25.7 Å². The third kappa shape index (κ3) is 4.99. The predicted molar refractivity (Wildman–Crippen MR) is 162 cm³/mol. The normalized spacial score (nSPS) is 25.8. The number of anilines is 4. The van der Waals surface area contributed by atoms with Crippen molar-refractivity contribution in [1.82, 2.24) is 19.4 Å². The second-order valence-electron chi connectivity index (χ2n) is 12.5. The van der Waals surface area contributed by atoms with Crippen LogP contribution in [0.2, 0.25) is 5.02 Å². The zero-order valence-electron chi connectivity index (χ0n) is 24.6. The van der Waals surface area contributed by atoms with Crippen LogP contribution < -0.4 is 25.8 Å². The molecule has 2 saturated heterocycles. The number of fused-ring (bicyclic) bond motifs is 5. The van der Waals surface area contributed by atoms with Gasteiger partial charge in [-0.3, -0.25) is 9.59 Å². The predicted octanol–water partition coefficient (Wildman–Crippen LogP) is 4.02. The van der Waals surface area contributed by atoms with E-state index in [0.29, 0.717) is 72.3 Å². The highest BCUT2D eigenvalue weighted by molar-refractivity contribution is 6.33. The zero-order valence-corrected chi connectivity index (χ0v) is 25.4. The van der Waals surface area contributed by atoms with Crippen molar-refractivity contribution in [2.24, 2.45) is 18.9 Å². The van der Waals surface area contributed by atoms with Crippen molar-refractivity contribution >= 4 is 51.6 Å². The number of aromatic nitrogens is 3. The maximum absolute atomic E-state index is 15.0. The molecule has 7 rings (SSSR count). The van der Waals surface area contributed by atoms with E-state index >= 15 is 8.78 Å². The fourth-order valence-electron chi connectivity index (χ4n) is 6.80. The Morgan fingerprint density at radius 3 is 2.61 bits per heavy atom. The fraction of sp³-hybridized carbons (Fsp3) is 0.533. The summed E-state index contributed by atoms with van der Waals surface area (Å²) in [6.45, 7) is 0.0691. The molecule has 2 bridgehead atoms. The lowest BCUT2D eigenvalue weighted by Gasteiger charge is -2.48. The van der Waals surface area contributed by atoms with Gasteiger partial charge in [-0.25, -0.2) is 13.8 Å². The summed E-state index contributed by atoms with van der Waals surface area (Å²) < 4.78 is 42.8. The molecule has 4 aliphatic rings. The number of rotatable bonds is 5. The molecule has 1 aliphatic carbocycles. The largest absolute Gasteiger partial charge is 0.480 e. The lowest BCUT2D eigenvalue weighted by molar-refractivity contribution is -0.135. The monoisotopic (exact) mass is 629 g/mol.